The van der Waals surface area contributed by atoms with Crippen LogP contribution in [0.15, 0.2) is 35.2 Å². The quantitative estimate of drug-likeness (QED) is 0.462. The van der Waals surface area contributed by atoms with Crippen LogP contribution in [0.25, 0.3) is 0 Å². The topological polar surface area (TPSA) is 54.4 Å². The molecule has 0 aliphatic carbocycles. The zero-order valence-corrected chi connectivity index (χ0v) is 7.81. The van der Waals surface area contributed by atoms with Gasteiger partial charge < -0.3 is 5.11 Å². The van der Waals surface area contributed by atoms with Crippen LogP contribution in [0.2, 0.25) is 0 Å². The van der Waals surface area contributed by atoms with Gasteiger partial charge in [-0.25, -0.2) is 8.42 Å². The van der Waals surface area contributed by atoms with Gasteiger partial charge in [0.2, 0.25) is 8.87 Å². The van der Waals surface area contributed by atoms with E-state index >= 15 is 0 Å². The summed E-state index contributed by atoms with van der Waals surface area (Å²) in [5.74, 6) is -0.419. The third kappa shape index (κ3) is 4.01. The van der Waals surface area contributed by atoms with Crippen LogP contribution in [0.4, 0.5) is 0 Å². The van der Waals surface area contributed by atoms with Crippen molar-refractivity contribution in [2.75, 3.05) is 5.94 Å². The Bertz CT molecular complexity index is 336. The summed E-state index contributed by atoms with van der Waals surface area (Å²) in [4.78, 5) is 0.226. The first-order valence-corrected chi connectivity index (χ1v) is 6.21. The fourth-order valence-electron chi connectivity index (χ4n) is 0.725. The zero-order valence-electron chi connectivity index (χ0n) is 6.17. The first-order valence-electron chi connectivity index (χ1n) is 3.22. The van der Waals surface area contributed by atoms with Crippen LogP contribution in [0.1, 0.15) is 0 Å². The van der Waals surface area contributed by atoms with E-state index in [0.717, 1.165) is 0 Å². The molecule has 0 fully saturated rings. The first kappa shape index (κ1) is 13.5. The third-order valence-electron chi connectivity index (χ3n) is 1.24. The van der Waals surface area contributed by atoms with E-state index in [1.54, 1.807) is 18.2 Å². The van der Waals surface area contributed by atoms with Gasteiger partial charge in [-0.1, -0.05) is 18.2 Å². The molecule has 0 atom stereocenters. The molecule has 6 heteroatoms. The van der Waals surface area contributed by atoms with Crippen molar-refractivity contribution in [1.82, 2.24) is 0 Å². The molecule has 1 N–H and O–H groups in total. The number of aliphatic hydroxyl groups excluding tert-OH is 1. The summed E-state index contributed by atoms with van der Waals surface area (Å²) in [6.07, 6.45) is 0. The Labute approximate surface area is 103 Å². The van der Waals surface area contributed by atoms with Gasteiger partial charge in [-0.2, -0.15) is 0 Å². The SMILES string of the molecule is O=S(=O)(SCO)c1ccccc1.[NaH]. The zero-order chi connectivity index (χ0) is 9.03. The summed E-state index contributed by atoms with van der Waals surface area (Å²) in [5, 5.41) is 8.45. The van der Waals surface area contributed by atoms with Crippen LogP contribution in [0, 0.1) is 0 Å². The predicted molar refractivity (Wildman–Crippen MR) is 55.5 cm³/mol. The van der Waals surface area contributed by atoms with Crippen LogP contribution in [0.5, 0.6) is 0 Å². The van der Waals surface area contributed by atoms with Gasteiger partial charge in [-0.05, 0) is 12.1 Å². The second-order valence-electron chi connectivity index (χ2n) is 2.01. The van der Waals surface area contributed by atoms with E-state index in [-0.39, 0.29) is 34.5 Å². The summed E-state index contributed by atoms with van der Waals surface area (Å²) in [6, 6.07) is 8.02. The van der Waals surface area contributed by atoms with E-state index in [9.17, 15) is 8.42 Å². The molecule has 0 radical (unpaired) electrons. The molecule has 0 bridgehead atoms. The molecule has 0 saturated carbocycles. The molecule has 0 aliphatic rings. The monoisotopic (exact) mass is 228 g/mol. The van der Waals surface area contributed by atoms with E-state index in [0.29, 0.717) is 10.8 Å². The first-order chi connectivity index (χ1) is 5.67. The number of rotatable bonds is 3. The molecule has 68 valence electrons. The summed E-state index contributed by atoms with van der Waals surface area (Å²) in [6.45, 7) is 0. The summed E-state index contributed by atoms with van der Waals surface area (Å²) in [7, 11) is -2.83. The van der Waals surface area contributed by atoms with E-state index in [2.05, 4.69) is 0 Å². The predicted octanol–water partition coefficient (Wildman–Crippen LogP) is 0.410. The van der Waals surface area contributed by atoms with Crippen molar-refractivity contribution in [3.63, 3.8) is 0 Å². The van der Waals surface area contributed by atoms with Crippen LogP contribution in [-0.2, 0) is 8.87 Å². The van der Waals surface area contributed by atoms with Crippen molar-refractivity contribution in [3.05, 3.63) is 30.3 Å². The van der Waals surface area contributed by atoms with E-state index in [1.807, 2.05) is 0 Å². The molecule has 0 aliphatic heterocycles. The average molecular weight is 228 g/mol. The third-order valence-corrected chi connectivity index (χ3v) is 4.33. The molecule has 0 saturated heterocycles. The fourth-order valence-corrected chi connectivity index (χ4v) is 2.65. The second-order valence-corrected chi connectivity index (χ2v) is 5.91. The Morgan fingerprint density at radius 3 is 2.23 bits per heavy atom. The molecule has 1 aromatic carbocycles. The van der Waals surface area contributed by atoms with Gasteiger partial charge in [0.1, 0.15) is 5.94 Å². The Hall–Kier alpha value is 0.480. The van der Waals surface area contributed by atoms with Gasteiger partial charge in [0.25, 0.3) is 0 Å². The molecule has 3 nitrogen and oxygen atoms in total. The number of aliphatic hydroxyl groups is 1. The fraction of sp³-hybridized carbons (Fsp3) is 0.143. The van der Waals surface area contributed by atoms with Gasteiger partial charge in [0.15, 0.2) is 0 Å². The molecule has 0 heterocycles. The van der Waals surface area contributed by atoms with E-state index in [4.69, 9.17) is 5.11 Å². The number of hydrogen-bond donors (Lipinski definition) is 1. The van der Waals surface area contributed by atoms with Crippen LogP contribution in [0.3, 0.4) is 0 Å². The van der Waals surface area contributed by atoms with Crippen molar-refractivity contribution in [1.29, 1.82) is 0 Å². The van der Waals surface area contributed by atoms with Gasteiger partial charge in [0.05, 0.1) is 4.90 Å². The maximum atomic E-state index is 11.2. The number of benzene rings is 1. The van der Waals surface area contributed by atoms with Gasteiger partial charge in [-0.15, -0.1) is 0 Å². The van der Waals surface area contributed by atoms with Crippen molar-refractivity contribution in [3.8, 4) is 0 Å². The molecule has 0 aromatic heterocycles. The minimum absolute atomic E-state index is 0. The van der Waals surface area contributed by atoms with Crippen molar-refractivity contribution < 1.29 is 13.5 Å². The van der Waals surface area contributed by atoms with Gasteiger partial charge >= 0.3 is 29.6 Å². The summed E-state index contributed by atoms with van der Waals surface area (Å²) in [5.41, 5.74) is 0. The van der Waals surface area contributed by atoms with E-state index in [1.165, 1.54) is 12.1 Å². The van der Waals surface area contributed by atoms with E-state index < -0.39 is 14.8 Å². The maximum absolute atomic E-state index is 11.2. The number of hydrogen-bond acceptors (Lipinski definition) is 4. The Kier molecular flexibility index (Phi) is 6.28. The normalized spacial score (nSPS) is 10.5. The summed E-state index contributed by atoms with van der Waals surface area (Å²) < 4.78 is 22.5. The molecule has 1 aromatic rings. The standard InChI is InChI=1S/C7H8O3S2.Na.H/c8-6-11-12(9,10)7-4-2-1-3-5-7;;/h1-5,8H,6H2;;. The molecule has 0 unspecified atom stereocenters. The molecule has 13 heavy (non-hydrogen) atoms. The second kappa shape index (κ2) is 6.06. The average Bonchev–Trinajstić information content (AvgIpc) is 2.06. The molecular formula is C7H9NaO3S2. The minimum atomic E-state index is -3.34. The van der Waals surface area contributed by atoms with Crippen LogP contribution >= 0.6 is 10.8 Å². The van der Waals surface area contributed by atoms with Crippen LogP contribution in [-0.4, -0.2) is 49.0 Å². The van der Waals surface area contributed by atoms with Gasteiger partial charge in [0, 0.05) is 10.8 Å². The molecule has 0 spiro atoms. The van der Waals surface area contributed by atoms with Crippen molar-refractivity contribution in [2.45, 2.75) is 4.90 Å². The molecule has 1 rings (SSSR count). The molecular weight excluding hydrogens is 219 g/mol. The van der Waals surface area contributed by atoms with Crippen molar-refractivity contribution in [2.24, 2.45) is 0 Å². The van der Waals surface area contributed by atoms with Crippen LogP contribution < -0.4 is 0 Å². The Morgan fingerprint density at radius 2 is 1.77 bits per heavy atom. The summed E-state index contributed by atoms with van der Waals surface area (Å²) >= 11 is 0. The molecule has 0 amide bonds. The van der Waals surface area contributed by atoms with Crippen molar-refractivity contribution >= 4 is 49.2 Å². The Morgan fingerprint density at radius 1 is 1.23 bits per heavy atom. The Balaban J connectivity index is 0.00000144. The van der Waals surface area contributed by atoms with Gasteiger partial charge in [-0.3, -0.25) is 0 Å².